The van der Waals surface area contributed by atoms with E-state index < -0.39 is 10.0 Å². The smallest absolute Gasteiger partial charge is 0.264 e. The predicted molar refractivity (Wildman–Crippen MR) is 93.3 cm³/mol. The van der Waals surface area contributed by atoms with Crippen LogP contribution in [0.5, 0.6) is 5.75 Å². The number of rotatable bonds is 3. The summed E-state index contributed by atoms with van der Waals surface area (Å²) in [6, 6.07) is 14.0. The molecule has 7 heteroatoms. The van der Waals surface area contributed by atoms with Gasteiger partial charge in [0.2, 0.25) is 5.91 Å². The van der Waals surface area contributed by atoms with Gasteiger partial charge in [-0.2, -0.15) is 0 Å². The lowest BCUT2D eigenvalue weighted by Gasteiger charge is -2.30. The molecule has 0 aliphatic carbocycles. The fourth-order valence-electron chi connectivity index (χ4n) is 3.27. The van der Waals surface area contributed by atoms with Gasteiger partial charge in [-0.05, 0) is 29.8 Å². The SMILES string of the molecule is O=C1C[C@@H](c2ccc(S(=O)(=O)N3CCOc4ccccc43)cc2)CN1. The van der Waals surface area contributed by atoms with Crippen molar-refractivity contribution in [2.45, 2.75) is 17.2 Å². The first kappa shape index (κ1) is 16.0. The lowest BCUT2D eigenvalue weighted by atomic mass is 9.99. The number of ether oxygens (including phenoxy) is 1. The maximum absolute atomic E-state index is 13.0. The van der Waals surface area contributed by atoms with E-state index in [2.05, 4.69) is 5.32 Å². The third-order valence-corrected chi connectivity index (χ3v) is 6.43. The molecule has 6 nitrogen and oxygen atoms in total. The number of amides is 1. The molecule has 1 atom stereocenters. The Morgan fingerprint density at radius 3 is 2.56 bits per heavy atom. The molecule has 0 aromatic heterocycles. The lowest BCUT2D eigenvalue weighted by Crippen LogP contribution is -2.37. The van der Waals surface area contributed by atoms with Gasteiger partial charge in [0.1, 0.15) is 12.4 Å². The topological polar surface area (TPSA) is 75.7 Å². The van der Waals surface area contributed by atoms with E-state index in [0.717, 1.165) is 5.56 Å². The number of para-hydroxylation sites is 2. The largest absolute Gasteiger partial charge is 0.489 e. The summed E-state index contributed by atoms with van der Waals surface area (Å²) < 4.78 is 33.0. The van der Waals surface area contributed by atoms with Crippen LogP contribution in [0.2, 0.25) is 0 Å². The number of hydrogen-bond donors (Lipinski definition) is 1. The zero-order valence-electron chi connectivity index (χ0n) is 13.5. The number of carbonyl (C=O) groups excluding carboxylic acids is 1. The summed E-state index contributed by atoms with van der Waals surface area (Å²) in [6.07, 6.45) is 0.447. The summed E-state index contributed by atoms with van der Waals surface area (Å²) in [7, 11) is -3.66. The second-order valence-corrected chi connectivity index (χ2v) is 8.03. The monoisotopic (exact) mass is 358 g/mol. The Morgan fingerprint density at radius 1 is 1.08 bits per heavy atom. The summed E-state index contributed by atoms with van der Waals surface area (Å²) >= 11 is 0. The van der Waals surface area contributed by atoms with E-state index in [-0.39, 0.29) is 23.3 Å². The second-order valence-electron chi connectivity index (χ2n) is 6.17. The fraction of sp³-hybridized carbons (Fsp3) is 0.278. The predicted octanol–water partition coefficient (Wildman–Crippen LogP) is 1.88. The highest BCUT2D eigenvalue weighted by molar-refractivity contribution is 7.92. The number of carbonyl (C=O) groups is 1. The molecule has 1 saturated heterocycles. The molecule has 4 rings (SSSR count). The maximum atomic E-state index is 13.0. The number of nitrogens with zero attached hydrogens (tertiary/aromatic N) is 1. The standard InChI is InChI=1S/C18H18N2O4S/c21-18-11-14(12-19-18)13-5-7-15(8-6-13)25(22,23)20-9-10-24-17-4-2-1-3-16(17)20/h1-8,14H,9-12H2,(H,19,21)/t14-/m1/s1. The van der Waals surface area contributed by atoms with Gasteiger partial charge in [-0.3, -0.25) is 9.10 Å². The van der Waals surface area contributed by atoms with Crippen LogP contribution in [0.3, 0.4) is 0 Å². The van der Waals surface area contributed by atoms with E-state index in [1.807, 2.05) is 6.07 Å². The van der Waals surface area contributed by atoms with E-state index >= 15 is 0 Å². The third-order valence-electron chi connectivity index (χ3n) is 4.60. The molecule has 0 bridgehead atoms. The average molecular weight is 358 g/mol. The van der Waals surface area contributed by atoms with Crippen molar-refractivity contribution >= 4 is 21.6 Å². The van der Waals surface area contributed by atoms with Crippen LogP contribution in [0.4, 0.5) is 5.69 Å². The van der Waals surface area contributed by atoms with Crippen molar-refractivity contribution in [2.24, 2.45) is 0 Å². The summed E-state index contributed by atoms with van der Waals surface area (Å²) in [5.74, 6) is 0.712. The highest BCUT2D eigenvalue weighted by Gasteiger charge is 2.30. The Labute approximate surface area is 146 Å². The van der Waals surface area contributed by atoms with E-state index in [1.165, 1.54) is 4.31 Å². The van der Waals surface area contributed by atoms with Crippen molar-refractivity contribution in [1.29, 1.82) is 0 Å². The number of hydrogen-bond acceptors (Lipinski definition) is 4. The van der Waals surface area contributed by atoms with Crippen molar-refractivity contribution in [2.75, 3.05) is 24.0 Å². The first-order chi connectivity index (χ1) is 12.1. The number of fused-ring (bicyclic) bond motifs is 1. The maximum Gasteiger partial charge on any atom is 0.264 e. The van der Waals surface area contributed by atoms with Crippen molar-refractivity contribution in [3.8, 4) is 5.75 Å². The van der Waals surface area contributed by atoms with Crippen molar-refractivity contribution in [1.82, 2.24) is 5.32 Å². The van der Waals surface area contributed by atoms with Crippen LogP contribution in [0.25, 0.3) is 0 Å². The van der Waals surface area contributed by atoms with E-state index in [0.29, 0.717) is 31.0 Å². The molecule has 0 spiro atoms. The summed E-state index contributed by atoms with van der Waals surface area (Å²) in [5, 5.41) is 2.80. The van der Waals surface area contributed by atoms with Gasteiger partial charge in [0.05, 0.1) is 17.1 Å². The molecule has 2 aromatic carbocycles. The molecule has 25 heavy (non-hydrogen) atoms. The Kier molecular flexibility index (Phi) is 3.88. The summed E-state index contributed by atoms with van der Waals surface area (Å²) in [5.41, 5.74) is 1.53. The summed E-state index contributed by atoms with van der Waals surface area (Å²) in [4.78, 5) is 11.6. The van der Waals surface area contributed by atoms with Gasteiger partial charge in [-0.15, -0.1) is 0 Å². The van der Waals surface area contributed by atoms with Crippen LogP contribution >= 0.6 is 0 Å². The Morgan fingerprint density at radius 2 is 1.84 bits per heavy atom. The van der Waals surface area contributed by atoms with Gasteiger partial charge < -0.3 is 10.1 Å². The van der Waals surface area contributed by atoms with E-state index in [1.54, 1.807) is 42.5 Å². The molecule has 0 saturated carbocycles. The minimum atomic E-state index is -3.66. The lowest BCUT2D eigenvalue weighted by molar-refractivity contribution is -0.119. The minimum Gasteiger partial charge on any atom is -0.489 e. The quantitative estimate of drug-likeness (QED) is 0.909. The molecule has 130 valence electrons. The summed E-state index contributed by atoms with van der Waals surface area (Å²) in [6.45, 7) is 1.20. The molecule has 2 heterocycles. The second kappa shape index (κ2) is 6.07. The third kappa shape index (κ3) is 2.84. The van der Waals surface area contributed by atoms with Crippen LogP contribution in [0.1, 0.15) is 17.9 Å². The zero-order chi connectivity index (χ0) is 17.4. The normalized spacial score (nSPS) is 19.9. The van der Waals surface area contributed by atoms with Gasteiger partial charge in [0.25, 0.3) is 10.0 Å². The van der Waals surface area contributed by atoms with Gasteiger partial charge in [0.15, 0.2) is 0 Å². The van der Waals surface area contributed by atoms with Crippen LogP contribution in [-0.4, -0.2) is 34.0 Å². The molecule has 1 amide bonds. The van der Waals surface area contributed by atoms with Crippen LogP contribution in [0, 0.1) is 0 Å². The molecule has 1 N–H and O–H groups in total. The Balaban J connectivity index is 1.64. The molecular weight excluding hydrogens is 340 g/mol. The van der Waals surface area contributed by atoms with Crippen LogP contribution in [0.15, 0.2) is 53.4 Å². The van der Waals surface area contributed by atoms with E-state index in [4.69, 9.17) is 4.74 Å². The molecule has 2 aliphatic rings. The van der Waals surface area contributed by atoms with Crippen molar-refractivity contribution in [3.05, 3.63) is 54.1 Å². The number of anilines is 1. The number of sulfonamides is 1. The first-order valence-corrected chi connectivity index (χ1v) is 9.61. The number of benzene rings is 2. The van der Waals surface area contributed by atoms with Crippen LogP contribution in [-0.2, 0) is 14.8 Å². The average Bonchev–Trinajstić information content (AvgIpc) is 3.08. The van der Waals surface area contributed by atoms with Gasteiger partial charge in [0, 0.05) is 18.9 Å². The van der Waals surface area contributed by atoms with Crippen molar-refractivity contribution < 1.29 is 17.9 Å². The number of nitrogens with one attached hydrogen (secondary N) is 1. The van der Waals surface area contributed by atoms with E-state index in [9.17, 15) is 13.2 Å². The van der Waals surface area contributed by atoms with Gasteiger partial charge in [-0.1, -0.05) is 24.3 Å². The van der Waals surface area contributed by atoms with Crippen molar-refractivity contribution in [3.63, 3.8) is 0 Å². The molecule has 0 unspecified atom stereocenters. The van der Waals surface area contributed by atoms with Gasteiger partial charge in [-0.25, -0.2) is 8.42 Å². The highest BCUT2D eigenvalue weighted by atomic mass is 32.2. The van der Waals surface area contributed by atoms with Gasteiger partial charge >= 0.3 is 0 Å². The Hall–Kier alpha value is -2.54. The molecule has 1 fully saturated rings. The minimum absolute atomic E-state index is 0.0339. The molecule has 2 aliphatic heterocycles. The fourth-order valence-corrected chi connectivity index (χ4v) is 4.73. The first-order valence-electron chi connectivity index (χ1n) is 8.17. The molecule has 0 radical (unpaired) electrons. The molecule has 2 aromatic rings. The molecular formula is C18H18N2O4S. The van der Waals surface area contributed by atoms with Crippen LogP contribution < -0.4 is 14.4 Å². The highest BCUT2D eigenvalue weighted by Crippen LogP contribution is 2.35. The Bertz CT molecular complexity index is 909. The zero-order valence-corrected chi connectivity index (χ0v) is 14.3.